The molecule has 0 bridgehead atoms. The molecule has 1 saturated heterocycles. The number of aliphatic imine (C=N–C) groups is 1. The summed E-state index contributed by atoms with van der Waals surface area (Å²) < 4.78 is 10.9. The second-order valence-electron chi connectivity index (χ2n) is 7.61. The van der Waals surface area contributed by atoms with E-state index in [1.54, 1.807) is 7.11 Å². The van der Waals surface area contributed by atoms with Gasteiger partial charge in [0.2, 0.25) is 0 Å². The van der Waals surface area contributed by atoms with Gasteiger partial charge in [-0.3, -0.25) is 4.99 Å². The van der Waals surface area contributed by atoms with Crippen molar-refractivity contribution in [1.82, 2.24) is 15.5 Å². The van der Waals surface area contributed by atoms with Crippen molar-refractivity contribution in [2.24, 2.45) is 4.99 Å². The van der Waals surface area contributed by atoms with E-state index >= 15 is 0 Å². The molecular formula is C23H40N4O2. The summed E-state index contributed by atoms with van der Waals surface area (Å²) in [6.45, 7) is 10.9. The van der Waals surface area contributed by atoms with Crippen molar-refractivity contribution in [1.29, 1.82) is 0 Å². The fraction of sp³-hybridized carbons (Fsp3) is 0.696. The summed E-state index contributed by atoms with van der Waals surface area (Å²) in [7, 11) is 1.77. The Morgan fingerprint density at radius 2 is 2.03 bits per heavy atom. The molecule has 29 heavy (non-hydrogen) atoms. The number of rotatable bonds is 12. The molecule has 1 aliphatic heterocycles. The Balaban J connectivity index is 1.77. The second-order valence-corrected chi connectivity index (χ2v) is 7.61. The van der Waals surface area contributed by atoms with Crippen LogP contribution in [0.15, 0.2) is 29.3 Å². The summed E-state index contributed by atoms with van der Waals surface area (Å²) in [6, 6.07) is 8.86. The molecule has 0 unspecified atom stereocenters. The van der Waals surface area contributed by atoms with Gasteiger partial charge in [0.15, 0.2) is 5.96 Å². The Morgan fingerprint density at radius 3 is 2.76 bits per heavy atom. The minimum Gasteiger partial charge on any atom is -0.494 e. The zero-order valence-electron chi connectivity index (χ0n) is 18.6. The number of nitrogens with one attached hydrogen (secondary N) is 2. The number of benzene rings is 1. The van der Waals surface area contributed by atoms with Crippen molar-refractivity contribution < 1.29 is 9.47 Å². The van der Waals surface area contributed by atoms with Gasteiger partial charge in [0.1, 0.15) is 5.75 Å². The van der Waals surface area contributed by atoms with E-state index in [2.05, 4.69) is 47.6 Å². The average Bonchev–Trinajstić information content (AvgIpc) is 2.74. The molecule has 0 spiro atoms. The van der Waals surface area contributed by atoms with Crippen LogP contribution in [-0.4, -0.2) is 69.9 Å². The summed E-state index contributed by atoms with van der Waals surface area (Å²) >= 11 is 0. The molecule has 1 aromatic carbocycles. The van der Waals surface area contributed by atoms with Gasteiger partial charge in [-0.15, -0.1) is 0 Å². The van der Waals surface area contributed by atoms with Crippen LogP contribution < -0.4 is 15.4 Å². The molecule has 1 heterocycles. The molecule has 0 saturated carbocycles. The van der Waals surface area contributed by atoms with E-state index in [1.807, 2.05) is 6.07 Å². The summed E-state index contributed by atoms with van der Waals surface area (Å²) in [6.07, 6.45) is 5.38. The van der Waals surface area contributed by atoms with Crippen LogP contribution in [-0.2, 0) is 11.2 Å². The summed E-state index contributed by atoms with van der Waals surface area (Å²) in [5, 5.41) is 7.03. The van der Waals surface area contributed by atoms with Crippen molar-refractivity contribution >= 4 is 5.96 Å². The molecule has 1 aromatic rings. The van der Waals surface area contributed by atoms with E-state index < -0.39 is 0 Å². The first kappa shape index (κ1) is 23.5. The Labute approximate surface area is 177 Å². The summed E-state index contributed by atoms with van der Waals surface area (Å²) in [4.78, 5) is 7.33. The lowest BCUT2D eigenvalue weighted by molar-refractivity contribution is 0.155. The highest BCUT2D eigenvalue weighted by Crippen LogP contribution is 2.14. The molecule has 2 N–H and O–H groups in total. The summed E-state index contributed by atoms with van der Waals surface area (Å²) in [5.41, 5.74) is 1.27. The van der Waals surface area contributed by atoms with Crippen LogP contribution in [0.2, 0.25) is 0 Å². The Hall–Kier alpha value is -1.79. The smallest absolute Gasteiger partial charge is 0.191 e. The predicted octanol–water partition coefficient (Wildman–Crippen LogP) is 3.07. The number of likely N-dealkylation sites (tertiary alicyclic amines) is 1. The zero-order valence-corrected chi connectivity index (χ0v) is 18.6. The van der Waals surface area contributed by atoms with E-state index in [1.165, 1.54) is 5.56 Å². The Morgan fingerprint density at radius 1 is 1.21 bits per heavy atom. The highest BCUT2D eigenvalue weighted by molar-refractivity contribution is 5.80. The van der Waals surface area contributed by atoms with Gasteiger partial charge in [-0.25, -0.2) is 0 Å². The standard InChI is InChI=1S/C23H40N4O2/c1-4-17-29-22-9-6-8-20(19-22)10-13-25-23(24-5-2)26-21-11-15-27(16-12-21)14-7-18-28-3/h6,8-9,19,21H,4-5,7,10-18H2,1-3H3,(H2,24,25,26). The maximum absolute atomic E-state index is 5.73. The molecule has 1 aliphatic rings. The summed E-state index contributed by atoms with van der Waals surface area (Å²) in [5.74, 6) is 1.89. The zero-order chi connectivity index (χ0) is 20.7. The van der Waals surface area contributed by atoms with Crippen molar-refractivity contribution in [2.75, 3.05) is 53.0 Å². The molecule has 0 amide bonds. The predicted molar refractivity (Wildman–Crippen MR) is 121 cm³/mol. The number of methoxy groups -OCH3 is 1. The topological polar surface area (TPSA) is 58.1 Å². The highest BCUT2D eigenvalue weighted by atomic mass is 16.5. The first-order valence-corrected chi connectivity index (χ1v) is 11.2. The van der Waals surface area contributed by atoms with E-state index in [4.69, 9.17) is 14.5 Å². The van der Waals surface area contributed by atoms with E-state index in [0.717, 1.165) is 89.8 Å². The van der Waals surface area contributed by atoms with Gasteiger partial charge in [-0.1, -0.05) is 19.1 Å². The normalized spacial score (nSPS) is 16.0. The lowest BCUT2D eigenvalue weighted by Gasteiger charge is -2.33. The third kappa shape index (κ3) is 9.50. The molecule has 2 rings (SSSR count). The molecule has 0 aliphatic carbocycles. The number of guanidine groups is 1. The van der Waals surface area contributed by atoms with Gasteiger partial charge >= 0.3 is 0 Å². The van der Waals surface area contributed by atoms with Gasteiger partial charge in [0.25, 0.3) is 0 Å². The van der Waals surface area contributed by atoms with Crippen LogP contribution in [0.5, 0.6) is 5.75 Å². The number of ether oxygens (including phenoxy) is 2. The third-order valence-electron chi connectivity index (χ3n) is 5.14. The van der Waals surface area contributed by atoms with Gasteiger partial charge in [-0.05, 0) is 56.7 Å². The Bertz CT molecular complexity index is 586. The van der Waals surface area contributed by atoms with Gasteiger partial charge < -0.3 is 25.0 Å². The third-order valence-corrected chi connectivity index (χ3v) is 5.14. The quantitative estimate of drug-likeness (QED) is 0.319. The monoisotopic (exact) mass is 404 g/mol. The van der Waals surface area contributed by atoms with E-state index in [0.29, 0.717) is 6.04 Å². The minimum absolute atomic E-state index is 0.497. The molecule has 164 valence electrons. The molecule has 6 nitrogen and oxygen atoms in total. The lowest BCUT2D eigenvalue weighted by atomic mass is 10.1. The Kier molecular flexibility index (Phi) is 11.5. The molecule has 1 fully saturated rings. The number of hydrogen-bond donors (Lipinski definition) is 2. The molecule has 0 atom stereocenters. The molecule has 6 heteroatoms. The minimum atomic E-state index is 0.497. The van der Waals surface area contributed by atoms with Crippen LogP contribution in [0.1, 0.15) is 45.1 Å². The first-order chi connectivity index (χ1) is 14.2. The molecular weight excluding hydrogens is 364 g/mol. The number of hydrogen-bond acceptors (Lipinski definition) is 4. The number of nitrogens with zero attached hydrogens (tertiary/aromatic N) is 2. The van der Waals surface area contributed by atoms with Crippen LogP contribution in [0, 0.1) is 0 Å². The van der Waals surface area contributed by atoms with Crippen LogP contribution in [0.4, 0.5) is 0 Å². The molecule has 0 radical (unpaired) electrons. The van der Waals surface area contributed by atoms with Gasteiger partial charge in [0.05, 0.1) is 6.61 Å². The number of piperidine rings is 1. The largest absolute Gasteiger partial charge is 0.494 e. The van der Waals surface area contributed by atoms with Gasteiger partial charge in [-0.2, -0.15) is 0 Å². The van der Waals surface area contributed by atoms with Crippen molar-refractivity contribution in [3.8, 4) is 5.75 Å². The van der Waals surface area contributed by atoms with Crippen LogP contribution in [0.3, 0.4) is 0 Å². The van der Waals surface area contributed by atoms with Crippen LogP contribution in [0.25, 0.3) is 0 Å². The van der Waals surface area contributed by atoms with Crippen LogP contribution >= 0.6 is 0 Å². The lowest BCUT2D eigenvalue weighted by Crippen LogP contribution is -2.49. The first-order valence-electron chi connectivity index (χ1n) is 11.2. The maximum atomic E-state index is 5.73. The fourth-order valence-electron chi connectivity index (χ4n) is 3.55. The van der Waals surface area contributed by atoms with Gasteiger partial charge in [0, 0.05) is 52.5 Å². The molecule has 0 aromatic heterocycles. The van der Waals surface area contributed by atoms with E-state index in [-0.39, 0.29) is 0 Å². The van der Waals surface area contributed by atoms with Crippen molar-refractivity contribution in [2.45, 2.75) is 52.0 Å². The average molecular weight is 405 g/mol. The maximum Gasteiger partial charge on any atom is 0.191 e. The van der Waals surface area contributed by atoms with E-state index in [9.17, 15) is 0 Å². The van der Waals surface area contributed by atoms with Crippen molar-refractivity contribution in [3.05, 3.63) is 29.8 Å². The highest BCUT2D eigenvalue weighted by Gasteiger charge is 2.19. The van der Waals surface area contributed by atoms with Crippen molar-refractivity contribution in [3.63, 3.8) is 0 Å². The fourth-order valence-corrected chi connectivity index (χ4v) is 3.55. The SMILES string of the molecule is CCCOc1cccc(CCN=C(NCC)NC2CCN(CCCOC)CC2)c1. The second kappa shape index (κ2) is 14.2.